The van der Waals surface area contributed by atoms with Gasteiger partial charge in [-0.3, -0.25) is 4.90 Å². The smallest absolute Gasteiger partial charge is 0.120 e. The monoisotopic (exact) mass is 412 g/mol. The Morgan fingerprint density at radius 2 is 1.77 bits per heavy atom. The number of hydrogen-bond donors (Lipinski definition) is 1. The summed E-state index contributed by atoms with van der Waals surface area (Å²) < 4.78 is 8.08. The molecule has 2 heterocycles. The SMILES string of the molecule is Cn1ccc2cc(-c3cccc(OCC(O)CN4CCc5ccccc5C4)c3)ccc21. The first-order valence-corrected chi connectivity index (χ1v) is 10.9. The summed E-state index contributed by atoms with van der Waals surface area (Å²) in [4.78, 5) is 2.31. The molecule has 0 amide bonds. The molecule has 0 bridgehead atoms. The summed E-state index contributed by atoms with van der Waals surface area (Å²) in [5, 5.41) is 11.8. The number of fused-ring (bicyclic) bond motifs is 2. The van der Waals surface area contributed by atoms with Crippen molar-refractivity contribution in [3.05, 3.63) is 90.1 Å². The largest absolute Gasteiger partial charge is 0.491 e. The summed E-state index contributed by atoms with van der Waals surface area (Å²) in [6, 6.07) is 25.3. The number of ether oxygens (including phenoxy) is 1. The normalized spacial score (nSPS) is 15.0. The van der Waals surface area contributed by atoms with Gasteiger partial charge in [0.25, 0.3) is 0 Å². The van der Waals surface area contributed by atoms with Gasteiger partial charge in [0, 0.05) is 43.8 Å². The highest BCUT2D eigenvalue weighted by Crippen LogP contribution is 2.27. The summed E-state index contributed by atoms with van der Waals surface area (Å²) in [6.07, 6.45) is 2.60. The van der Waals surface area contributed by atoms with E-state index < -0.39 is 6.10 Å². The number of aliphatic hydroxyl groups is 1. The minimum atomic E-state index is -0.519. The lowest BCUT2D eigenvalue weighted by Crippen LogP contribution is -2.38. The topological polar surface area (TPSA) is 37.6 Å². The van der Waals surface area contributed by atoms with E-state index in [1.807, 2.05) is 18.2 Å². The molecule has 0 radical (unpaired) electrons. The fourth-order valence-electron chi connectivity index (χ4n) is 4.48. The fraction of sp³-hybridized carbons (Fsp3) is 0.259. The molecule has 0 aliphatic carbocycles. The van der Waals surface area contributed by atoms with Crippen LogP contribution in [0.4, 0.5) is 0 Å². The van der Waals surface area contributed by atoms with E-state index in [1.54, 1.807) is 0 Å². The standard InChI is InChI=1S/C27H28N2O2/c1-28-13-11-23-15-22(9-10-27(23)28)21-7-4-8-26(16-21)31-19-25(30)18-29-14-12-20-5-2-3-6-24(20)17-29/h2-11,13,15-16,25,30H,12,14,17-19H2,1H3. The molecule has 4 heteroatoms. The van der Waals surface area contributed by atoms with Crippen LogP contribution in [-0.2, 0) is 20.0 Å². The molecule has 0 saturated heterocycles. The van der Waals surface area contributed by atoms with Crippen LogP contribution < -0.4 is 4.74 Å². The summed E-state index contributed by atoms with van der Waals surface area (Å²) in [6.45, 7) is 2.79. The Kier molecular flexibility index (Phi) is 5.49. The highest BCUT2D eigenvalue weighted by atomic mass is 16.5. The second-order valence-electron chi connectivity index (χ2n) is 8.45. The van der Waals surface area contributed by atoms with Gasteiger partial charge in [0.1, 0.15) is 18.5 Å². The van der Waals surface area contributed by atoms with Gasteiger partial charge in [-0.15, -0.1) is 0 Å². The molecule has 1 atom stereocenters. The molecule has 1 aliphatic rings. The Hall–Kier alpha value is -3.08. The Morgan fingerprint density at radius 3 is 2.68 bits per heavy atom. The first kappa shape index (κ1) is 19.9. The number of aromatic nitrogens is 1. The molecule has 0 fully saturated rings. The molecule has 0 spiro atoms. The maximum atomic E-state index is 10.5. The molecule has 4 aromatic rings. The van der Waals surface area contributed by atoms with Crippen molar-refractivity contribution in [1.29, 1.82) is 0 Å². The number of aryl methyl sites for hydroxylation is 1. The quantitative estimate of drug-likeness (QED) is 0.501. The molecule has 1 aromatic heterocycles. The van der Waals surface area contributed by atoms with Crippen molar-refractivity contribution in [1.82, 2.24) is 9.47 Å². The Bertz CT molecular complexity index is 1200. The third kappa shape index (κ3) is 4.36. The van der Waals surface area contributed by atoms with E-state index >= 15 is 0 Å². The molecule has 31 heavy (non-hydrogen) atoms. The third-order valence-electron chi connectivity index (χ3n) is 6.17. The summed E-state index contributed by atoms with van der Waals surface area (Å²) in [5.74, 6) is 0.786. The molecular formula is C27H28N2O2. The van der Waals surface area contributed by atoms with E-state index in [-0.39, 0.29) is 0 Å². The maximum Gasteiger partial charge on any atom is 0.120 e. The summed E-state index contributed by atoms with van der Waals surface area (Å²) >= 11 is 0. The number of rotatable bonds is 6. The predicted octanol–water partition coefficient (Wildman–Crippen LogP) is 4.64. The lowest BCUT2D eigenvalue weighted by Gasteiger charge is -2.30. The van der Waals surface area contributed by atoms with Crippen LogP contribution in [0.5, 0.6) is 5.75 Å². The number of nitrogens with zero attached hydrogens (tertiary/aromatic N) is 2. The van der Waals surface area contributed by atoms with Crippen LogP contribution in [0, 0.1) is 0 Å². The zero-order valence-corrected chi connectivity index (χ0v) is 17.9. The second-order valence-corrected chi connectivity index (χ2v) is 8.45. The molecule has 1 unspecified atom stereocenters. The van der Waals surface area contributed by atoms with Crippen LogP contribution in [0.2, 0.25) is 0 Å². The second kappa shape index (κ2) is 8.58. The Labute approximate surface area is 183 Å². The van der Waals surface area contributed by atoms with Crippen molar-refractivity contribution in [2.24, 2.45) is 7.05 Å². The third-order valence-corrected chi connectivity index (χ3v) is 6.17. The number of hydrogen-bond acceptors (Lipinski definition) is 3. The lowest BCUT2D eigenvalue weighted by atomic mass is 10.00. The molecule has 158 valence electrons. The fourth-order valence-corrected chi connectivity index (χ4v) is 4.48. The zero-order valence-electron chi connectivity index (χ0n) is 17.9. The van der Waals surface area contributed by atoms with E-state index in [0.29, 0.717) is 13.2 Å². The van der Waals surface area contributed by atoms with Crippen molar-refractivity contribution in [2.75, 3.05) is 19.7 Å². The Balaban J connectivity index is 1.21. The number of β-amino-alcohol motifs (C(OH)–C–C–N with tert-alkyl or cyclic N) is 1. The molecule has 5 rings (SSSR count). The highest BCUT2D eigenvalue weighted by Gasteiger charge is 2.18. The van der Waals surface area contributed by atoms with Crippen molar-refractivity contribution < 1.29 is 9.84 Å². The predicted molar refractivity (Wildman–Crippen MR) is 125 cm³/mol. The maximum absolute atomic E-state index is 10.5. The van der Waals surface area contributed by atoms with Crippen molar-refractivity contribution in [2.45, 2.75) is 19.1 Å². The van der Waals surface area contributed by atoms with E-state index in [4.69, 9.17) is 4.74 Å². The molecule has 1 N–H and O–H groups in total. The van der Waals surface area contributed by atoms with Crippen LogP contribution in [0.15, 0.2) is 79.0 Å². The van der Waals surface area contributed by atoms with Crippen molar-refractivity contribution >= 4 is 10.9 Å². The van der Waals surface area contributed by atoms with Crippen LogP contribution in [0.3, 0.4) is 0 Å². The molecule has 0 saturated carbocycles. The van der Waals surface area contributed by atoms with Gasteiger partial charge < -0.3 is 14.4 Å². The Morgan fingerprint density at radius 1 is 0.935 bits per heavy atom. The van der Waals surface area contributed by atoms with Gasteiger partial charge in [0.15, 0.2) is 0 Å². The number of benzene rings is 3. The van der Waals surface area contributed by atoms with Gasteiger partial charge in [-0.2, -0.15) is 0 Å². The van der Waals surface area contributed by atoms with Gasteiger partial charge >= 0.3 is 0 Å². The van der Waals surface area contributed by atoms with Crippen LogP contribution in [0.1, 0.15) is 11.1 Å². The highest BCUT2D eigenvalue weighted by molar-refractivity contribution is 5.85. The first-order valence-electron chi connectivity index (χ1n) is 10.9. The minimum absolute atomic E-state index is 0.291. The van der Waals surface area contributed by atoms with Gasteiger partial charge in [-0.1, -0.05) is 42.5 Å². The van der Waals surface area contributed by atoms with E-state index in [9.17, 15) is 5.11 Å². The number of aliphatic hydroxyl groups excluding tert-OH is 1. The first-order chi connectivity index (χ1) is 15.2. The lowest BCUT2D eigenvalue weighted by molar-refractivity contribution is 0.0638. The van der Waals surface area contributed by atoms with Gasteiger partial charge in [-0.25, -0.2) is 0 Å². The molecule has 4 nitrogen and oxygen atoms in total. The molecular weight excluding hydrogens is 384 g/mol. The van der Waals surface area contributed by atoms with Gasteiger partial charge in [0.05, 0.1) is 0 Å². The zero-order chi connectivity index (χ0) is 21.2. The van der Waals surface area contributed by atoms with Gasteiger partial charge in [0.2, 0.25) is 0 Å². The van der Waals surface area contributed by atoms with Crippen LogP contribution in [-0.4, -0.2) is 40.4 Å². The van der Waals surface area contributed by atoms with E-state index in [2.05, 4.69) is 77.3 Å². The molecule has 3 aromatic carbocycles. The van der Waals surface area contributed by atoms with Crippen LogP contribution >= 0.6 is 0 Å². The van der Waals surface area contributed by atoms with Crippen molar-refractivity contribution in [3.8, 4) is 16.9 Å². The summed E-state index contributed by atoms with van der Waals surface area (Å²) in [7, 11) is 2.06. The van der Waals surface area contributed by atoms with Crippen LogP contribution in [0.25, 0.3) is 22.0 Å². The molecule has 1 aliphatic heterocycles. The average Bonchev–Trinajstić information content (AvgIpc) is 3.18. The van der Waals surface area contributed by atoms with E-state index in [1.165, 1.54) is 22.0 Å². The minimum Gasteiger partial charge on any atom is -0.491 e. The van der Waals surface area contributed by atoms with E-state index in [0.717, 1.165) is 36.4 Å². The summed E-state index contributed by atoms with van der Waals surface area (Å²) in [5.41, 5.74) is 6.29. The average molecular weight is 413 g/mol. The van der Waals surface area contributed by atoms with Crippen molar-refractivity contribution in [3.63, 3.8) is 0 Å². The van der Waals surface area contributed by atoms with Gasteiger partial charge in [-0.05, 0) is 59.0 Å².